The number of carboxylic acids is 1. The Balaban J connectivity index is 2.89. The van der Waals surface area contributed by atoms with Crippen molar-refractivity contribution in [3.63, 3.8) is 0 Å². The Morgan fingerprint density at radius 3 is 2.29 bits per heavy atom. The number of carbonyl (C=O) groups excluding carboxylic acids is 2. The first-order valence-electron chi connectivity index (χ1n) is 7.05. The van der Waals surface area contributed by atoms with E-state index in [1.807, 2.05) is 0 Å². The number of hydrogen-bond donors (Lipinski definition) is 2. The molecule has 0 bridgehead atoms. The molecule has 0 radical (unpaired) electrons. The summed E-state index contributed by atoms with van der Waals surface area (Å²) < 4.78 is 24.6. The number of hydrogen-bond acceptors (Lipinski definition) is 4. The summed E-state index contributed by atoms with van der Waals surface area (Å²) in [5.41, 5.74) is 0.185. The smallest absolute Gasteiger partial charge is 0.326 e. The van der Waals surface area contributed by atoms with Crippen LogP contribution in [0.3, 0.4) is 0 Å². The Morgan fingerprint density at radius 1 is 1.25 bits per heavy atom. The van der Waals surface area contributed by atoms with E-state index in [1.54, 1.807) is 0 Å². The SMILES string of the molecule is CC(=O)NCCN(C(=O)c1ccc(SC(F)F)cc1)C(C)C(=O)O. The van der Waals surface area contributed by atoms with E-state index in [-0.39, 0.29) is 24.6 Å². The maximum absolute atomic E-state index is 12.5. The lowest BCUT2D eigenvalue weighted by molar-refractivity contribution is -0.141. The maximum atomic E-state index is 12.5. The van der Waals surface area contributed by atoms with Gasteiger partial charge in [0.15, 0.2) is 0 Å². The Kier molecular flexibility index (Phi) is 7.63. The number of nitrogens with zero attached hydrogens (tertiary/aromatic N) is 1. The lowest BCUT2D eigenvalue weighted by Gasteiger charge is -2.26. The van der Waals surface area contributed by atoms with Crippen molar-refractivity contribution in [2.24, 2.45) is 0 Å². The second-order valence-electron chi connectivity index (χ2n) is 4.90. The van der Waals surface area contributed by atoms with Gasteiger partial charge >= 0.3 is 5.97 Å². The topological polar surface area (TPSA) is 86.7 Å². The van der Waals surface area contributed by atoms with Gasteiger partial charge in [-0.25, -0.2) is 4.79 Å². The first-order valence-corrected chi connectivity index (χ1v) is 7.93. The Morgan fingerprint density at radius 2 is 1.83 bits per heavy atom. The van der Waals surface area contributed by atoms with Crippen molar-refractivity contribution < 1.29 is 28.3 Å². The number of alkyl halides is 2. The monoisotopic (exact) mass is 360 g/mol. The van der Waals surface area contributed by atoms with Crippen molar-refractivity contribution in [1.29, 1.82) is 0 Å². The van der Waals surface area contributed by atoms with Gasteiger partial charge in [0.25, 0.3) is 11.7 Å². The number of benzene rings is 1. The van der Waals surface area contributed by atoms with Crippen LogP contribution in [-0.2, 0) is 9.59 Å². The van der Waals surface area contributed by atoms with Crippen LogP contribution >= 0.6 is 11.8 Å². The van der Waals surface area contributed by atoms with Crippen LogP contribution in [0, 0.1) is 0 Å². The molecule has 1 unspecified atom stereocenters. The van der Waals surface area contributed by atoms with Gasteiger partial charge in [0.2, 0.25) is 5.91 Å². The molecule has 2 N–H and O–H groups in total. The Labute approximate surface area is 142 Å². The van der Waals surface area contributed by atoms with Gasteiger partial charge in [0, 0.05) is 30.5 Å². The van der Waals surface area contributed by atoms with E-state index in [0.717, 1.165) is 4.90 Å². The van der Waals surface area contributed by atoms with Gasteiger partial charge in [0.1, 0.15) is 6.04 Å². The summed E-state index contributed by atoms with van der Waals surface area (Å²) in [5, 5.41) is 11.6. The number of halogens is 2. The predicted octanol–water partition coefficient (Wildman–Crippen LogP) is 2.05. The van der Waals surface area contributed by atoms with Crippen molar-refractivity contribution in [2.45, 2.75) is 30.5 Å². The van der Waals surface area contributed by atoms with Crippen LogP contribution in [0.4, 0.5) is 8.78 Å². The summed E-state index contributed by atoms with van der Waals surface area (Å²) in [5.74, 6) is -4.59. The van der Waals surface area contributed by atoms with E-state index in [1.165, 1.54) is 38.1 Å². The molecule has 0 saturated heterocycles. The minimum absolute atomic E-state index is 0.0133. The van der Waals surface area contributed by atoms with Gasteiger partial charge < -0.3 is 15.3 Å². The predicted molar refractivity (Wildman–Crippen MR) is 85.1 cm³/mol. The average Bonchev–Trinajstić information content (AvgIpc) is 2.50. The molecule has 1 aromatic carbocycles. The molecule has 24 heavy (non-hydrogen) atoms. The molecule has 2 amide bonds. The Hall–Kier alpha value is -2.16. The molecule has 132 valence electrons. The molecule has 0 aliphatic carbocycles. The summed E-state index contributed by atoms with van der Waals surface area (Å²) in [7, 11) is 0. The number of nitrogens with one attached hydrogen (secondary N) is 1. The molecule has 0 fully saturated rings. The number of aliphatic carboxylic acids is 1. The van der Waals surface area contributed by atoms with Crippen LogP contribution in [-0.4, -0.2) is 52.7 Å². The van der Waals surface area contributed by atoms with E-state index < -0.39 is 23.7 Å². The summed E-state index contributed by atoms with van der Waals surface area (Å²) >= 11 is 0.356. The van der Waals surface area contributed by atoms with Gasteiger partial charge in [-0.15, -0.1) is 0 Å². The zero-order valence-corrected chi connectivity index (χ0v) is 14.0. The molecule has 1 aromatic rings. The van der Waals surface area contributed by atoms with E-state index in [9.17, 15) is 23.2 Å². The average molecular weight is 360 g/mol. The highest BCUT2D eigenvalue weighted by Crippen LogP contribution is 2.25. The third-order valence-corrected chi connectivity index (χ3v) is 3.86. The highest BCUT2D eigenvalue weighted by atomic mass is 32.2. The molecule has 0 aliphatic rings. The fourth-order valence-electron chi connectivity index (χ4n) is 1.90. The standard InChI is InChI=1S/C15H18F2N2O4S/c1-9(14(22)23)19(8-7-18-10(2)20)13(21)11-3-5-12(6-4-11)24-15(16)17/h3-6,9,15H,7-8H2,1-2H3,(H,18,20)(H,22,23). The zero-order valence-electron chi connectivity index (χ0n) is 13.2. The molecule has 9 heteroatoms. The van der Waals surface area contributed by atoms with Crippen molar-refractivity contribution >= 4 is 29.5 Å². The maximum Gasteiger partial charge on any atom is 0.326 e. The molecule has 0 aromatic heterocycles. The van der Waals surface area contributed by atoms with Crippen LogP contribution in [0.5, 0.6) is 0 Å². The van der Waals surface area contributed by atoms with Gasteiger partial charge in [-0.1, -0.05) is 11.8 Å². The lowest BCUT2D eigenvalue weighted by atomic mass is 10.1. The quantitative estimate of drug-likeness (QED) is 0.693. The van der Waals surface area contributed by atoms with Gasteiger partial charge in [-0.3, -0.25) is 9.59 Å². The summed E-state index contributed by atoms with van der Waals surface area (Å²) in [6, 6.07) is 4.39. The fourth-order valence-corrected chi connectivity index (χ4v) is 2.40. The second kappa shape index (κ2) is 9.21. The molecule has 6 nitrogen and oxygen atoms in total. The van der Waals surface area contributed by atoms with Crippen LogP contribution in [0.25, 0.3) is 0 Å². The van der Waals surface area contributed by atoms with Gasteiger partial charge in [0.05, 0.1) is 0 Å². The number of carbonyl (C=O) groups is 3. The molecular weight excluding hydrogens is 342 g/mol. The van der Waals surface area contributed by atoms with E-state index in [0.29, 0.717) is 16.7 Å². The normalized spacial score (nSPS) is 11.9. The van der Waals surface area contributed by atoms with Crippen molar-refractivity contribution in [2.75, 3.05) is 13.1 Å². The van der Waals surface area contributed by atoms with Crippen LogP contribution < -0.4 is 5.32 Å². The molecule has 0 spiro atoms. The third-order valence-electron chi connectivity index (χ3n) is 3.14. The zero-order chi connectivity index (χ0) is 18.3. The van der Waals surface area contributed by atoms with Crippen molar-refractivity contribution in [1.82, 2.24) is 10.2 Å². The van der Waals surface area contributed by atoms with E-state index >= 15 is 0 Å². The number of rotatable bonds is 8. The largest absolute Gasteiger partial charge is 0.480 e. The minimum Gasteiger partial charge on any atom is -0.480 e. The minimum atomic E-state index is -2.56. The second-order valence-corrected chi connectivity index (χ2v) is 5.96. The van der Waals surface area contributed by atoms with Gasteiger partial charge in [-0.05, 0) is 31.2 Å². The number of amides is 2. The third kappa shape index (κ3) is 6.15. The van der Waals surface area contributed by atoms with Crippen LogP contribution in [0.1, 0.15) is 24.2 Å². The summed E-state index contributed by atoms with van der Waals surface area (Å²) in [6.45, 7) is 2.79. The first-order chi connectivity index (χ1) is 11.2. The van der Waals surface area contributed by atoms with Gasteiger partial charge in [-0.2, -0.15) is 8.78 Å². The van der Waals surface area contributed by atoms with Crippen molar-refractivity contribution in [3.05, 3.63) is 29.8 Å². The fraction of sp³-hybridized carbons (Fsp3) is 0.400. The number of thioether (sulfide) groups is 1. The molecule has 1 rings (SSSR count). The molecule has 0 heterocycles. The molecule has 0 saturated carbocycles. The Bertz CT molecular complexity index is 596. The van der Waals surface area contributed by atoms with Crippen molar-refractivity contribution in [3.8, 4) is 0 Å². The summed E-state index contributed by atoms with van der Waals surface area (Å²) in [4.78, 5) is 36.0. The summed E-state index contributed by atoms with van der Waals surface area (Å²) in [6.07, 6.45) is 0. The lowest BCUT2D eigenvalue weighted by Crippen LogP contribution is -2.46. The number of carboxylic acid groups (broad SMARTS) is 1. The molecule has 0 aliphatic heterocycles. The molecular formula is C15H18F2N2O4S. The van der Waals surface area contributed by atoms with Crippen LogP contribution in [0.2, 0.25) is 0 Å². The molecule has 1 atom stereocenters. The highest BCUT2D eigenvalue weighted by Gasteiger charge is 2.26. The first kappa shape index (κ1) is 19.9. The highest BCUT2D eigenvalue weighted by molar-refractivity contribution is 7.99. The van der Waals surface area contributed by atoms with Crippen LogP contribution in [0.15, 0.2) is 29.2 Å². The van der Waals surface area contributed by atoms with E-state index in [2.05, 4.69) is 5.32 Å². The van der Waals surface area contributed by atoms with E-state index in [4.69, 9.17) is 5.11 Å².